The molecular formula is C35H26F2N6O9. The van der Waals surface area contributed by atoms with Gasteiger partial charge in [-0.3, -0.25) is 19.2 Å². The van der Waals surface area contributed by atoms with Crippen molar-refractivity contribution >= 4 is 63.4 Å². The van der Waals surface area contributed by atoms with Crippen LogP contribution in [-0.2, 0) is 32.0 Å². The summed E-state index contributed by atoms with van der Waals surface area (Å²) in [4.78, 5) is 66.6. The number of aliphatic carboxylic acids is 2. The summed E-state index contributed by atoms with van der Waals surface area (Å²) in [6.07, 6.45) is -0.167. The number of carbonyl (C=O) groups is 5. The number of oxazole rings is 2. The third-order valence-corrected chi connectivity index (χ3v) is 7.44. The van der Waals surface area contributed by atoms with Gasteiger partial charge in [-0.15, -0.1) is 0 Å². The number of carboxylic acids is 2. The van der Waals surface area contributed by atoms with Gasteiger partial charge in [0.25, 0.3) is 0 Å². The van der Waals surface area contributed by atoms with Crippen LogP contribution >= 0.6 is 0 Å². The molecule has 4 aromatic carbocycles. The molecule has 6 N–H and O–H groups in total. The van der Waals surface area contributed by atoms with Gasteiger partial charge >= 0.3 is 18.0 Å². The molecule has 0 fully saturated rings. The Morgan fingerprint density at radius 3 is 1.40 bits per heavy atom. The van der Waals surface area contributed by atoms with E-state index in [0.717, 1.165) is 12.1 Å². The Labute approximate surface area is 290 Å². The maximum absolute atomic E-state index is 15.1. The molecule has 0 aliphatic heterocycles. The van der Waals surface area contributed by atoms with Crippen LogP contribution in [-0.4, -0.2) is 63.1 Å². The summed E-state index contributed by atoms with van der Waals surface area (Å²) in [7, 11) is 0. The second kappa shape index (κ2) is 14.8. The Hall–Kier alpha value is -7.17. The number of carbonyl (C=O) groups excluding carboxylic acids is 3. The maximum Gasteiger partial charge on any atom is 0.323 e. The third kappa shape index (κ3) is 8.33. The molecule has 6 rings (SSSR count). The molecule has 0 atom stereocenters. The normalized spacial score (nSPS) is 11.0. The zero-order valence-electron chi connectivity index (χ0n) is 26.7. The SMILES string of the molecule is O=C(O)CNC(=O)Cc1ccc2oc(-c3ccc(NC(=O)Nc4ccc(-c5nc6cc(CC(=O)NCC(=O)O)ccc6o5)cc4F)c(F)c3)nc2c1. The molecule has 0 aliphatic rings. The minimum absolute atomic E-state index is 0.0688. The van der Waals surface area contributed by atoms with Crippen molar-refractivity contribution in [2.75, 3.05) is 23.7 Å². The van der Waals surface area contributed by atoms with E-state index >= 15 is 8.78 Å². The van der Waals surface area contributed by atoms with Crippen molar-refractivity contribution in [1.29, 1.82) is 0 Å². The van der Waals surface area contributed by atoms with Crippen molar-refractivity contribution in [2.45, 2.75) is 12.8 Å². The van der Waals surface area contributed by atoms with Gasteiger partial charge in [0.2, 0.25) is 23.6 Å². The lowest BCUT2D eigenvalue weighted by Crippen LogP contribution is -2.30. The van der Waals surface area contributed by atoms with Gasteiger partial charge in [-0.2, -0.15) is 0 Å². The fourth-order valence-corrected chi connectivity index (χ4v) is 5.03. The molecule has 2 heterocycles. The van der Waals surface area contributed by atoms with Crippen molar-refractivity contribution in [1.82, 2.24) is 20.6 Å². The van der Waals surface area contributed by atoms with E-state index in [0.29, 0.717) is 33.3 Å². The Morgan fingerprint density at radius 2 is 1.02 bits per heavy atom. The third-order valence-electron chi connectivity index (χ3n) is 7.44. The molecule has 15 nitrogen and oxygen atoms in total. The highest BCUT2D eigenvalue weighted by Crippen LogP contribution is 2.30. The van der Waals surface area contributed by atoms with E-state index in [4.69, 9.17) is 19.0 Å². The number of nitrogens with zero attached hydrogens (tertiary/aromatic N) is 2. The number of aromatic nitrogens is 2. The summed E-state index contributed by atoms with van der Waals surface area (Å²) in [5, 5.41) is 26.6. The van der Waals surface area contributed by atoms with Crippen LogP contribution in [0.15, 0.2) is 81.6 Å². The van der Waals surface area contributed by atoms with Crippen LogP contribution in [0.5, 0.6) is 0 Å². The first-order chi connectivity index (χ1) is 24.9. The lowest BCUT2D eigenvalue weighted by Gasteiger charge is -2.10. The van der Waals surface area contributed by atoms with Crippen molar-refractivity contribution in [3.05, 3.63) is 95.6 Å². The van der Waals surface area contributed by atoms with Crippen LogP contribution < -0.4 is 21.3 Å². The molecule has 0 bridgehead atoms. The summed E-state index contributed by atoms with van der Waals surface area (Å²) in [5.74, 6) is -4.84. The number of urea groups is 1. The molecule has 0 aliphatic carbocycles. The van der Waals surface area contributed by atoms with Crippen molar-refractivity contribution in [2.24, 2.45) is 0 Å². The molecule has 0 saturated heterocycles. The number of hydrogen-bond acceptors (Lipinski definition) is 9. The number of carboxylic acid groups (broad SMARTS) is 2. The summed E-state index contributed by atoms with van der Waals surface area (Å²) < 4.78 is 41.5. The van der Waals surface area contributed by atoms with Crippen molar-refractivity contribution in [3.8, 4) is 22.9 Å². The average molecular weight is 713 g/mol. The van der Waals surface area contributed by atoms with Crippen molar-refractivity contribution < 1.29 is 51.8 Å². The Balaban J connectivity index is 1.08. The quantitative estimate of drug-likeness (QED) is 0.102. The first-order valence-electron chi connectivity index (χ1n) is 15.3. The van der Waals surface area contributed by atoms with E-state index in [2.05, 4.69) is 31.2 Å². The number of anilines is 2. The predicted octanol–water partition coefficient (Wildman–Crippen LogP) is 4.71. The lowest BCUT2D eigenvalue weighted by molar-refractivity contribution is -0.138. The molecule has 0 unspecified atom stereocenters. The van der Waals surface area contributed by atoms with Gasteiger partial charge in [0, 0.05) is 11.1 Å². The molecule has 0 spiro atoms. The summed E-state index contributed by atoms with van der Waals surface area (Å²) in [5.41, 5.74) is 2.68. The van der Waals surface area contributed by atoms with Crippen LogP contribution in [0.1, 0.15) is 11.1 Å². The minimum Gasteiger partial charge on any atom is -0.480 e. The largest absolute Gasteiger partial charge is 0.480 e. The predicted molar refractivity (Wildman–Crippen MR) is 180 cm³/mol. The van der Waals surface area contributed by atoms with Crippen LogP contribution in [0.2, 0.25) is 0 Å². The summed E-state index contributed by atoms with van der Waals surface area (Å²) in [6, 6.07) is 16.3. The second-order valence-corrected chi connectivity index (χ2v) is 11.3. The molecule has 2 aromatic heterocycles. The molecule has 0 saturated carbocycles. The van der Waals surface area contributed by atoms with Crippen molar-refractivity contribution in [3.63, 3.8) is 0 Å². The van der Waals surface area contributed by atoms with E-state index in [-0.39, 0.29) is 47.1 Å². The van der Waals surface area contributed by atoms with Crippen LogP contribution in [0.4, 0.5) is 25.0 Å². The number of benzene rings is 4. The van der Waals surface area contributed by atoms with Gasteiger partial charge in [0.1, 0.15) is 35.8 Å². The minimum atomic E-state index is -1.17. The number of amides is 4. The number of fused-ring (bicyclic) bond motifs is 2. The van der Waals surface area contributed by atoms with E-state index in [9.17, 15) is 24.0 Å². The molecule has 0 radical (unpaired) electrons. The van der Waals surface area contributed by atoms with Gasteiger partial charge in [-0.25, -0.2) is 23.5 Å². The molecule has 52 heavy (non-hydrogen) atoms. The molecule has 17 heteroatoms. The zero-order valence-corrected chi connectivity index (χ0v) is 26.7. The first kappa shape index (κ1) is 34.7. The van der Waals surface area contributed by atoms with E-state index in [1.54, 1.807) is 36.4 Å². The molecular weight excluding hydrogens is 686 g/mol. The summed E-state index contributed by atoms with van der Waals surface area (Å²) in [6.45, 7) is -1.01. The van der Waals surface area contributed by atoms with E-state index < -0.39 is 54.5 Å². The highest BCUT2D eigenvalue weighted by molar-refractivity contribution is 6.00. The Kier molecular flexibility index (Phi) is 9.84. The van der Waals surface area contributed by atoms with Crippen LogP contribution in [0.25, 0.3) is 45.1 Å². The number of hydrogen-bond donors (Lipinski definition) is 6. The maximum atomic E-state index is 15.1. The highest BCUT2D eigenvalue weighted by Gasteiger charge is 2.17. The van der Waals surface area contributed by atoms with E-state index in [1.807, 2.05) is 0 Å². The lowest BCUT2D eigenvalue weighted by atomic mass is 10.1. The average Bonchev–Trinajstić information content (AvgIpc) is 3.72. The fraction of sp³-hybridized carbons (Fsp3) is 0.114. The zero-order chi connectivity index (χ0) is 36.9. The molecule has 264 valence electrons. The first-order valence-corrected chi connectivity index (χ1v) is 15.3. The smallest absolute Gasteiger partial charge is 0.323 e. The highest BCUT2D eigenvalue weighted by atomic mass is 19.1. The van der Waals surface area contributed by atoms with Crippen LogP contribution in [0.3, 0.4) is 0 Å². The van der Waals surface area contributed by atoms with Gasteiger partial charge < -0.3 is 40.3 Å². The Bertz CT molecular complexity index is 2230. The van der Waals surface area contributed by atoms with Gasteiger partial charge in [-0.05, 0) is 71.8 Å². The monoisotopic (exact) mass is 712 g/mol. The van der Waals surface area contributed by atoms with Crippen LogP contribution in [0, 0.1) is 11.6 Å². The Morgan fingerprint density at radius 1 is 0.596 bits per heavy atom. The molecule has 6 aromatic rings. The van der Waals surface area contributed by atoms with E-state index in [1.165, 1.54) is 24.3 Å². The number of rotatable bonds is 12. The topological polar surface area (TPSA) is 226 Å². The number of nitrogens with one attached hydrogen (secondary N) is 4. The summed E-state index contributed by atoms with van der Waals surface area (Å²) >= 11 is 0. The second-order valence-electron chi connectivity index (χ2n) is 11.3. The number of halogens is 2. The molecule has 4 amide bonds. The fourth-order valence-electron chi connectivity index (χ4n) is 5.03. The van der Waals surface area contributed by atoms with Gasteiger partial charge in [0.15, 0.2) is 11.2 Å². The standard InChI is InChI=1S/C35H26F2N6O9/c36-21-13-19(33-40-25-9-17(1-7-27(25)51-33)11-29(44)38-15-31(46)47)3-5-23(21)42-35(50)43-24-6-4-20(14-22(24)37)34-41-26-10-18(2-8-28(26)52-34)12-30(45)39-16-32(48)49/h1-10,13-14H,11-12,15-16H2,(H,38,44)(H,39,45)(H,46,47)(H,48,49)(H2,42,43,50). The van der Waals surface area contributed by atoms with Gasteiger partial charge in [-0.1, -0.05) is 12.1 Å². The van der Waals surface area contributed by atoms with Gasteiger partial charge in [0.05, 0.1) is 24.2 Å².